The third kappa shape index (κ3) is 3.02. The summed E-state index contributed by atoms with van der Waals surface area (Å²) in [5.41, 5.74) is 6.58. The zero-order chi connectivity index (χ0) is 11.3. The van der Waals surface area contributed by atoms with E-state index in [1.165, 1.54) is 0 Å². The van der Waals surface area contributed by atoms with Crippen LogP contribution in [0.4, 0.5) is 5.69 Å². The molecule has 0 spiro atoms. The third-order valence-corrected chi connectivity index (χ3v) is 2.30. The Hall–Kier alpha value is -1.42. The molecule has 0 saturated carbocycles. The van der Waals surface area contributed by atoms with Crippen molar-refractivity contribution >= 4 is 11.6 Å². The molecule has 2 N–H and O–H groups in total. The van der Waals surface area contributed by atoms with Crippen LogP contribution in [0.25, 0.3) is 0 Å². The molecule has 1 amide bonds. The minimum atomic E-state index is -0.409. The fraction of sp³-hybridized carbons (Fsp3) is 0.455. The molecule has 0 saturated heterocycles. The molecule has 0 aliphatic carbocycles. The number of anilines is 1. The quantitative estimate of drug-likeness (QED) is 0.806. The van der Waals surface area contributed by atoms with Crippen LogP contribution in [0.1, 0.15) is 19.8 Å². The van der Waals surface area contributed by atoms with Gasteiger partial charge < -0.3 is 10.6 Å². The highest BCUT2D eigenvalue weighted by molar-refractivity contribution is 5.96. The summed E-state index contributed by atoms with van der Waals surface area (Å²) in [7, 11) is 1.73. The van der Waals surface area contributed by atoms with Crippen molar-refractivity contribution in [2.24, 2.45) is 5.73 Å². The smallest absolute Gasteiger partial charge is 0.243 e. The van der Waals surface area contributed by atoms with E-state index in [0.717, 1.165) is 12.1 Å². The number of nitrogens with zero attached hydrogens (tertiary/aromatic N) is 2. The van der Waals surface area contributed by atoms with Crippen molar-refractivity contribution in [1.29, 1.82) is 0 Å². The molecule has 82 valence electrons. The Labute approximate surface area is 90.1 Å². The van der Waals surface area contributed by atoms with Gasteiger partial charge in [0, 0.05) is 25.1 Å². The number of likely N-dealkylation sites (N-methyl/N-ethyl adjacent to an activating group) is 1. The van der Waals surface area contributed by atoms with E-state index >= 15 is 0 Å². The molecule has 0 radical (unpaired) electrons. The van der Waals surface area contributed by atoms with Gasteiger partial charge in [-0.05, 0) is 18.6 Å². The highest BCUT2D eigenvalue weighted by atomic mass is 16.2. The van der Waals surface area contributed by atoms with Crippen LogP contribution in [0.2, 0.25) is 0 Å². The van der Waals surface area contributed by atoms with Crippen LogP contribution >= 0.6 is 0 Å². The molecule has 1 rings (SSSR count). The van der Waals surface area contributed by atoms with E-state index in [0.29, 0.717) is 6.42 Å². The van der Waals surface area contributed by atoms with Gasteiger partial charge in [0.15, 0.2) is 0 Å². The molecule has 1 unspecified atom stereocenters. The van der Waals surface area contributed by atoms with Gasteiger partial charge in [0.05, 0.1) is 6.04 Å². The van der Waals surface area contributed by atoms with Gasteiger partial charge in [0.25, 0.3) is 0 Å². The first-order valence-electron chi connectivity index (χ1n) is 5.10. The first kappa shape index (κ1) is 11.7. The van der Waals surface area contributed by atoms with E-state index in [2.05, 4.69) is 4.98 Å². The second-order valence-electron chi connectivity index (χ2n) is 3.50. The Morgan fingerprint density at radius 2 is 2.13 bits per heavy atom. The van der Waals surface area contributed by atoms with E-state index in [1.54, 1.807) is 36.5 Å². The number of amides is 1. The molecule has 1 atom stereocenters. The molecule has 0 aromatic carbocycles. The fourth-order valence-corrected chi connectivity index (χ4v) is 1.38. The second kappa shape index (κ2) is 5.46. The van der Waals surface area contributed by atoms with Crippen molar-refractivity contribution in [3.8, 4) is 0 Å². The van der Waals surface area contributed by atoms with Crippen molar-refractivity contribution in [3.05, 3.63) is 24.5 Å². The van der Waals surface area contributed by atoms with Crippen molar-refractivity contribution in [3.63, 3.8) is 0 Å². The maximum Gasteiger partial charge on any atom is 0.243 e. The van der Waals surface area contributed by atoms with E-state index in [4.69, 9.17) is 5.73 Å². The van der Waals surface area contributed by atoms with Crippen LogP contribution in [-0.2, 0) is 4.79 Å². The molecule has 1 aromatic rings. The summed E-state index contributed by atoms with van der Waals surface area (Å²) < 4.78 is 0. The predicted molar refractivity (Wildman–Crippen MR) is 60.5 cm³/mol. The molecule has 0 fully saturated rings. The Kier molecular flexibility index (Phi) is 4.24. The molecule has 0 bridgehead atoms. The zero-order valence-electron chi connectivity index (χ0n) is 9.18. The maximum atomic E-state index is 11.8. The van der Waals surface area contributed by atoms with Crippen molar-refractivity contribution in [2.45, 2.75) is 25.8 Å². The summed E-state index contributed by atoms with van der Waals surface area (Å²) in [6.45, 7) is 2.01. The number of aromatic nitrogens is 1. The van der Waals surface area contributed by atoms with Gasteiger partial charge in [0.1, 0.15) is 0 Å². The van der Waals surface area contributed by atoms with Crippen molar-refractivity contribution < 1.29 is 4.79 Å². The van der Waals surface area contributed by atoms with E-state index in [9.17, 15) is 4.79 Å². The van der Waals surface area contributed by atoms with Crippen LogP contribution < -0.4 is 10.6 Å². The summed E-state index contributed by atoms with van der Waals surface area (Å²) in [4.78, 5) is 17.3. The predicted octanol–water partition coefficient (Wildman–Crippen LogP) is 1.17. The SMILES string of the molecule is CCCC(N)C(=O)N(C)c1ccncc1. The molecule has 1 aromatic heterocycles. The van der Waals surface area contributed by atoms with Gasteiger partial charge >= 0.3 is 0 Å². The molecular weight excluding hydrogens is 190 g/mol. The molecule has 0 aliphatic rings. The summed E-state index contributed by atoms with van der Waals surface area (Å²) in [5, 5.41) is 0. The van der Waals surface area contributed by atoms with Crippen LogP contribution in [0.15, 0.2) is 24.5 Å². The number of nitrogens with two attached hydrogens (primary N) is 1. The van der Waals surface area contributed by atoms with Gasteiger partial charge in [-0.3, -0.25) is 9.78 Å². The Balaban J connectivity index is 2.69. The van der Waals surface area contributed by atoms with Gasteiger partial charge in [0.2, 0.25) is 5.91 Å². The van der Waals surface area contributed by atoms with Crippen LogP contribution in [0.5, 0.6) is 0 Å². The first-order chi connectivity index (χ1) is 7.16. The fourth-order valence-electron chi connectivity index (χ4n) is 1.38. The van der Waals surface area contributed by atoms with Crippen molar-refractivity contribution in [1.82, 2.24) is 4.98 Å². The molecule has 1 heterocycles. The topological polar surface area (TPSA) is 59.2 Å². The standard InChI is InChI=1S/C11H17N3O/c1-3-4-10(12)11(15)14(2)9-5-7-13-8-6-9/h5-8,10H,3-4,12H2,1-2H3. The van der Waals surface area contributed by atoms with E-state index in [-0.39, 0.29) is 5.91 Å². The Bertz CT molecular complexity index is 313. The Morgan fingerprint density at radius 3 is 2.67 bits per heavy atom. The largest absolute Gasteiger partial charge is 0.320 e. The summed E-state index contributed by atoms with van der Waals surface area (Å²) >= 11 is 0. The van der Waals surface area contributed by atoms with Crippen LogP contribution in [0, 0.1) is 0 Å². The zero-order valence-corrected chi connectivity index (χ0v) is 9.18. The average Bonchev–Trinajstić information content (AvgIpc) is 2.28. The van der Waals surface area contributed by atoms with E-state index in [1.807, 2.05) is 6.92 Å². The third-order valence-electron chi connectivity index (χ3n) is 2.30. The molecule has 15 heavy (non-hydrogen) atoms. The number of rotatable bonds is 4. The summed E-state index contributed by atoms with van der Waals surface area (Å²) in [6.07, 6.45) is 4.94. The first-order valence-corrected chi connectivity index (χ1v) is 5.10. The lowest BCUT2D eigenvalue weighted by Gasteiger charge is -2.20. The van der Waals surface area contributed by atoms with Crippen molar-refractivity contribution in [2.75, 3.05) is 11.9 Å². The van der Waals surface area contributed by atoms with Gasteiger partial charge in [-0.2, -0.15) is 0 Å². The normalized spacial score (nSPS) is 12.2. The van der Waals surface area contributed by atoms with Gasteiger partial charge in [-0.15, -0.1) is 0 Å². The second-order valence-corrected chi connectivity index (χ2v) is 3.50. The highest BCUT2D eigenvalue weighted by Gasteiger charge is 2.17. The van der Waals surface area contributed by atoms with Gasteiger partial charge in [-0.25, -0.2) is 0 Å². The summed E-state index contributed by atoms with van der Waals surface area (Å²) in [6, 6.07) is 3.17. The lowest BCUT2D eigenvalue weighted by Crippen LogP contribution is -2.41. The number of carbonyl (C=O) groups is 1. The molecule has 0 aliphatic heterocycles. The number of carbonyl (C=O) groups excluding carboxylic acids is 1. The minimum Gasteiger partial charge on any atom is -0.320 e. The number of pyridine rings is 1. The maximum absolute atomic E-state index is 11.8. The average molecular weight is 207 g/mol. The van der Waals surface area contributed by atoms with E-state index < -0.39 is 6.04 Å². The van der Waals surface area contributed by atoms with Crippen LogP contribution in [0.3, 0.4) is 0 Å². The molecule has 4 heteroatoms. The number of hydrogen-bond donors (Lipinski definition) is 1. The molecular formula is C11H17N3O. The lowest BCUT2D eigenvalue weighted by atomic mass is 10.1. The van der Waals surface area contributed by atoms with Gasteiger partial charge in [-0.1, -0.05) is 13.3 Å². The molecule has 4 nitrogen and oxygen atoms in total. The lowest BCUT2D eigenvalue weighted by molar-refractivity contribution is -0.119. The van der Waals surface area contributed by atoms with Crippen LogP contribution in [-0.4, -0.2) is 24.0 Å². The number of hydrogen-bond acceptors (Lipinski definition) is 3. The monoisotopic (exact) mass is 207 g/mol. The highest BCUT2D eigenvalue weighted by Crippen LogP contribution is 2.11. The minimum absolute atomic E-state index is 0.0527. The Morgan fingerprint density at radius 1 is 1.53 bits per heavy atom. The summed E-state index contributed by atoms with van der Waals surface area (Å²) in [5.74, 6) is -0.0527.